The van der Waals surface area contributed by atoms with Crippen molar-refractivity contribution in [2.75, 3.05) is 18.0 Å². The molecule has 0 bridgehead atoms. The van der Waals surface area contributed by atoms with E-state index in [1.807, 2.05) is 0 Å². The SMILES string of the molecule is O=C/C=C/c1ccc(C(F)(F)F)nc1N1CCC(O)CC1. The van der Waals surface area contributed by atoms with Crippen LogP contribution in [-0.4, -0.2) is 35.6 Å². The van der Waals surface area contributed by atoms with Crippen LogP contribution < -0.4 is 4.90 Å². The number of pyridine rings is 1. The molecule has 1 aliphatic heterocycles. The Kier molecular flexibility index (Phi) is 4.62. The van der Waals surface area contributed by atoms with Gasteiger partial charge in [-0.25, -0.2) is 4.98 Å². The summed E-state index contributed by atoms with van der Waals surface area (Å²) in [5.41, 5.74) is -0.515. The highest BCUT2D eigenvalue weighted by Crippen LogP contribution is 2.31. The molecule has 2 rings (SSSR count). The molecule has 0 aromatic carbocycles. The first-order valence-electron chi connectivity index (χ1n) is 6.55. The number of rotatable bonds is 3. The molecule has 0 saturated carbocycles. The Balaban J connectivity index is 2.38. The van der Waals surface area contributed by atoms with Crippen LogP contribution in [0.1, 0.15) is 24.1 Å². The summed E-state index contributed by atoms with van der Waals surface area (Å²) in [7, 11) is 0. The third-order valence-electron chi connectivity index (χ3n) is 3.31. The van der Waals surface area contributed by atoms with E-state index in [0.717, 1.165) is 6.07 Å². The summed E-state index contributed by atoms with van der Waals surface area (Å²) < 4.78 is 38.4. The van der Waals surface area contributed by atoms with Crippen molar-refractivity contribution in [2.45, 2.75) is 25.1 Å². The van der Waals surface area contributed by atoms with Crippen LogP contribution >= 0.6 is 0 Å². The Morgan fingerprint density at radius 2 is 1.95 bits per heavy atom. The van der Waals surface area contributed by atoms with Gasteiger partial charge in [-0.05, 0) is 37.1 Å². The van der Waals surface area contributed by atoms with Crippen molar-refractivity contribution in [1.29, 1.82) is 0 Å². The number of nitrogens with zero attached hydrogens (tertiary/aromatic N) is 2. The van der Waals surface area contributed by atoms with Gasteiger partial charge in [0.2, 0.25) is 0 Å². The Bertz CT molecular complexity index is 536. The summed E-state index contributed by atoms with van der Waals surface area (Å²) in [5, 5.41) is 9.48. The summed E-state index contributed by atoms with van der Waals surface area (Å²) in [6.07, 6.45) is -0.782. The van der Waals surface area contributed by atoms with Crippen LogP contribution in [0.15, 0.2) is 18.2 Å². The number of alkyl halides is 3. The fraction of sp³-hybridized carbons (Fsp3) is 0.429. The number of anilines is 1. The molecule has 2 heterocycles. The van der Waals surface area contributed by atoms with Crippen molar-refractivity contribution in [3.63, 3.8) is 0 Å². The highest BCUT2D eigenvalue weighted by molar-refractivity contribution is 5.77. The average molecular weight is 300 g/mol. The molecule has 0 unspecified atom stereocenters. The summed E-state index contributed by atoms with van der Waals surface area (Å²) in [6.45, 7) is 0.856. The fourth-order valence-corrected chi connectivity index (χ4v) is 2.22. The molecule has 21 heavy (non-hydrogen) atoms. The Morgan fingerprint density at radius 1 is 1.29 bits per heavy atom. The van der Waals surface area contributed by atoms with Gasteiger partial charge < -0.3 is 10.0 Å². The van der Waals surface area contributed by atoms with E-state index in [0.29, 0.717) is 37.8 Å². The van der Waals surface area contributed by atoms with Crippen molar-refractivity contribution >= 4 is 18.2 Å². The van der Waals surface area contributed by atoms with Crippen LogP contribution in [0.4, 0.5) is 19.0 Å². The third-order valence-corrected chi connectivity index (χ3v) is 3.31. The first-order valence-corrected chi connectivity index (χ1v) is 6.55. The van der Waals surface area contributed by atoms with Crippen molar-refractivity contribution in [2.24, 2.45) is 0 Å². The van der Waals surface area contributed by atoms with E-state index in [4.69, 9.17) is 0 Å². The van der Waals surface area contributed by atoms with Crippen molar-refractivity contribution in [3.05, 3.63) is 29.5 Å². The molecule has 0 radical (unpaired) electrons. The van der Waals surface area contributed by atoms with Crippen LogP contribution in [0.2, 0.25) is 0 Å². The van der Waals surface area contributed by atoms with Crippen molar-refractivity contribution < 1.29 is 23.1 Å². The van der Waals surface area contributed by atoms with Crippen LogP contribution in [0, 0.1) is 0 Å². The molecule has 1 fully saturated rings. The molecule has 0 atom stereocenters. The maximum Gasteiger partial charge on any atom is 0.433 e. The summed E-state index contributed by atoms with van der Waals surface area (Å²) in [4.78, 5) is 15.8. The number of aromatic nitrogens is 1. The number of halogens is 3. The fourth-order valence-electron chi connectivity index (χ4n) is 2.22. The summed E-state index contributed by atoms with van der Waals surface area (Å²) in [5.74, 6) is 0.190. The van der Waals surface area contributed by atoms with Gasteiger partial charge in [0.15, 0.2) is 0 Å². The molecule has 0 amide bonds. The van der Waals surface area contributed by atoms with Gasteiger partial charge in [-0.2, -0.15) is 13.2 Å². The summed E-state index contributed by atoms with van der Waals surface area (Å²) >= 11 is 0. The Labute approximate surface area is 119 Å². The van der Waals surface area contributed by atoms with Gasteiger partial charge in [-0.15, -0.1) is 0 Å². The number of allylic oxidation sites excluding steroid dienone is 1. The molecule has 1 aromatic rings. The van der Waals surface area contributed by atoms with Crippen molar-refractivity contribution in [1.82, 2.24) is 4.98 Å². The van der Waals surface area contributed by atoms with Gasteiger partial charge in [-0.3, -0.25) is 4.79 Å². The number of aliphatic hydroxyl groups excluding tert-OH is 1. The molecule has 1 N–H and O–H groups in total. The maximum atomic E-state index is 12.8. The zero-order chi connectivity index (χ0) is 15.5. The van der Waals surface area contributed by atoms with E-state index in [-0.39, 0.29) is 5.82 Å². The van der Waals surface area contributed by atoms with E-state index in [1.165, 1.54) is 18.2 Å². The second-order valence-electron chi connectivity index (χ2n) is 4.82. The number of hydrogen-bond acceptors (Lipinski definition) is 4. The zero-order valence-corrected chi connectivity index (χ0v) is 11.2. The number of piperidine rings is 1. The molecule has 4 nitrogen and oxygen atoms in total. The average Bonchev–Trinajstić information content (AvgIpc) is 2.45. The zero-order valence-electron chi connectivity index (χ0n) is 11.2. The van der Waals surface area contributed by atoms with E-state index >= 15 is 0 Å². The van der Waals surface area contributed by atoms with Gasteiger partial charge in [0.05, 0.1) is 6.10 Å². The van der Waals surface area contributed by atoms with E-state index in [2.05, 4.69) is 4.98 Å². The smallest absolute Gasteiger partial charge is 0.393 e. The number of aldehydes is 1. The number of carbonyl (C=O) groups excluding carboxylic acids is 1. The minimum absolute atomic E-state index is 0.190. The second kappa shape index (κ2) is 6.26. The minimum atomic E-state index is -4.52. The van der Waals surface area contributed by atoms with E-state index in [9.17, 15) is 23.1 Å². The lowest BCUT2D eigenvalue weighted by atomic mass is 10.1. The number of carbonyl (C=O) groups is 1. The van der Waals surface area contributed by atoms with Gasteiger partial charge in [0.1, 0.15) is 17.8 Å². The molecule has 1 aliphatic rings. The molecular formula is C14H15F3N2O2. The first-order chi connectivity index (χ1) is 9.91. The van der Waals surface area contributed by atoms with Crippen LogP contribution in [0.5, 0.6) is 0 Å². The third kappa shape index (κ3) is 3.81. The normalized spacial score (nSPS) is 17.4. The Morgan fingerprint density at radius 3 is 2.52 bits per heavy atom. The minimum Gasteiger partial charge on any atom is -0.393 e. The molecule has 1 saturated heterocycles. The predicted molar refractivity (Wildman–Crippen MR) is 71.8 cm³/mol. The van der Waals surface area contributed by atoms with E-state index < -0.39 is 18.0 Å². The van der Waals surface area contributed by atoms with Crippen LogP contribution in [0.3, 0.4) is 0 Å². The lowest BCUT2D eigenvalue weighted by Crippen LogP contribution is -2.37. The second-order valence-corrected chi connectivity index (χ2v) is 4.82. The molecule has 0 aliphatic carbocycles. The standard InChI is InChI=1S/C14H15F3N2O2/c15-14(16,17)12-4-3-10(2-1-9-20)13(18-12)19-7-5-11(21)6-8-19/h1-4,9,11,21H,5-8H2/b2-1+. The lowest BCUT2D eigenvalue weighted by molar-refractivity contribution is -0.141. The van der Waals surface area contributed by atoms with Crippen molar-refractivity contribution in [3.8, 4) is 0 Å². The largest absolute Gasteiger partial charge is 0.433 e. The molecular weight excluding hydrogens is 285 g/mol. The molecule has 114 valence electrons. The lowest BCUT2D eigenvalue weighted by Gasteiger charge is -2.31. The number of aliphatic hydroxyl groups is 1. The Hall–Kier alpha value is -1.89. The predicted octanol–water partition coefficient (Wildman–Crippen LogP) is 2.27. The monoisotopic (exact) mass is 300 g/mol. The van der Waals surface area contributed by atoms with Crippen LogP contribution in [-0.2, 0) is 11.0 Å². The van der Waals surface area contributed by atoms with Gasteiger partial charge >= 0.3 is 6.18 Å². The van der Waals surface area contributed by atoms with Gasteiger partial charge in [-0.1, -0.05) is 0 Å². The first kappa shape index (κ1) is 15.5. The topological polar surface area (TPSA) is 53.4 Å². The highest BCUT2D eigenvalue weighted by atomic mass is 19.4. The highest BCUT2D eigenvalue weighted by Gasteiger charge is 2.33. The summed E-state index contributed by atoms with van der Waals surface area (Å²) in [6, 6.07) is 2.20. The maximum absolute atomic E-state index is 12.8. The van der Waals surface area contributed by atoms with Gasteiger partial charge in [0, 0.05) is 18.7 Å². The van der Waals surface area contributed by atoms with E-state index in [1.54, 1.807) is 4.90 Å². The molecule has 0 spiro atoms. The van der Waals surface area contributed by atoms with Crippen LogP contribution in [0.25, 0.3) is 6.08 Å². The molecule has 7 heteroatoms. The molecule has 1 aromatic heterocycles. The quantitative estimate of drug-likeness (QED) is 0.687. The van der Waals surface area contributed by atoms with Gasteiger partial charge in [0.25, 0.3) is 0 Å². The number of hydrogen-bond donors (Lipinski definition) is 1.